The zero-order valence-electron chi connectivity index (χ0n) is 12.6. The molecule has 2 heterocycles. The van der Waals surface area contributed by atoms with Crippen LogP contribution in [0.3, 0.4) is 0 Å². The lowest BCUT2D eigenvalue weighted by molar-refractivity contribution is 0.0955. The van der Waals surface area contributed by atoms with Crippen molar-refractivity contribution < 1.29 is 14.3 Å². The lowest BCUT2D eigenvalue weighted by Gasteiger charge is -2.02. The average molecular weight is 395 g/mol. The number of carbonyl (C=O) groups is 1. The molecule has 1 aliphatic rings. The largest absolute Gasteiger partial charge is 0.454 e. The quantitative estimate of drug-likeness (QED) is 0.626. The predicted molar refractivity (Wildman–Crippen MR) is 93.7 cm³/mol. The average Bonchev–Trinajstić information content (AvgIpc) is 3.15. The number of nitrogens with one attached hydrogen (secondary N) is 1. The summed E-state index contributed by atoms with van der Waals surface area (Å²) in [7, 11) is 0. The van der Waals surface area contributed by atoms with Crippen molar-refractivity contribution in [2.75, 3.05) is 6.79 Å². The van der Waals surface area contributed by atoms with Gasteiger partial charge in [0.05, 0.1) is 11.8 Å². The SMILES string of the molecule is CC(C)c1cc(C(=O)N/N=C\c2cc3c(cc2Br)OCO3)cs1. The van der Waals surface area contributed by atoms with Crippen molar-refractivity contribution in [1.29, 1.82) is 0 Å². The van der Waals surface area contributed by atoms with Gasteiger partial charge in [0.1, 0.15) is 0 Å². The number of ether oxygens (including phenoxy) is 2. The number of benzene rings is 1. The Morgan fingerprint density at radius 3 is 2.78 bits per heavy atom. The maximum absolute atomic E-state index is 12.1. The third-order valence-corrected chi connectivity index (χ3v) is 5.23. The van der Waals surface area contributed by atoms with Crippen LogP contribution in [0, 0.1) is 0 Å². The van der Waals surface area contributed by atoms with Crippen molar-refractivity contribution in [3.63, 3.8) is 0 Å². The van der Waals surface area contributed by atoms with Gasteiger partial charge in [-0.1, -0.05) is 13.8 Å². The summed E-state index contributed by atoms with van der Waals surface area (Å²) >= 11 is 5.02. The van der Waals surface area contributed by atoms with Gasteiger partial charge in [0.2, 0.25) is 6.79 Å². The second-order valence-electron chi connectivity index (χ2n) is 5.32. The minimum absolute atomic E-state index is 0.218. The fourth-order valence-electron chi connectivity index (χ4n) is 2.03. The molecule has 2 aromatic rings. The Kier molecular flexibility index (Phi) is 4.68. The number of rotatable bonds is 4. The Bertz CT molecular complexity index is 771. The highest BCUT2D eigenvalue weighted by atomic mass is 79.9. The summed E-state index contributed by atoms with van der Waals surface area (Å²) in [5.41, 5.74) is 3.96. The van der Waals surface area contributed by atoms with Crippen molar-refractivity contribution in [2.24, 2.45) is 5.10 Å². The molecule has 0 radical (unpaired) electrons. The summed E-state index contributed by atoms with van der Waals surface area (Å²) in [4.78, 5) is 13.2. The number of amides is 1. The summed E-state index contributed by atoms with van der Waals surface area (Å²) in [6.07, 6.45) is 1.57. The molecule has 0 saturated heterocycles. The topological polar surface area (TPSA) is 59.9 Å². The number of hydrazone groups is 1. The first kappa shape index (κ1) is 16.0. The maximum atomic E-state index is 12.1. The molecule has 1 N–H and O–H groups in total. The van der Waals surface area contributed by atoms with Crippen LogP contribution in [0.25, 0.3) is 0 Å². The van der Waals surface area contributed by atoms with E-state index in [1.807, 2.05) is 23.6 Å². The summed E-state index contributed by atoms with van der Waals surface area (Å²) in [5, 5.41) is 5.86. The van der Waals surface area contributed by atoms with E-state index in [0.29, 0.717) is 23.0 Å². The zero-order chi connectivity index (χ0) is 16.4. The van der Waals surface area contributed by atoms with Crippen molar-refractivity contribution in [3.8, 4) is 11.5 Å². The minimum atomic E-state index is -0.221. The molecule has 0 fully saturated rings. The van der Waals surface area contributed by atoms with E-state index < -0.39 is 0 Å². The van der Waals surface area contributed by atoms with Gasteiger partial charge >= 0.3 is 0 Å². The Labute approximate surface area is 146 Å². The van der Waals surface area contributed by atoms with Crippen LogP contribution < -0.4 is 14.9 Å². The summed E-state index contributed by atoms with van der Waals surface area (Å²) < 4.78 is 11.4. The highest BCUT2D eigenvalue weighted by Gasteiger charge is 2.15. The van der Waals surface area contributed by atoms with Crippen LogP contribution in [0.5, 0.6) is 11.5 Å². The van der Waals surface area contributed by atoms with Crippen LogP contribution in [0.4, 0.5) is 0 Å². The molecule has 7 heteroatoms. The molecule has 0 saturated carbocycles. The number of fused-ring (bicyclic) bond motifs is 1. The van der Waals surface area contributed by atoms with Crippen LogP contribution in [-0.2, 0) is 0 Å². The van der Waals surface area contributed by atoms with Gasteiger partial charge in [-0.2, -0.15) is 5.10 Å². The number of halogens is 1. The Morgan fingerprint density at radius 2 is 2.09 bits per heavy atom. The lowest BCUT2D eigenvalue weighted by Crippen LogP contribution is -2.16. The molecule has 3 rings (SSSR count). The van der Waals surface area contributed by atoms with Gasteiger partial charge in [0.15, 0.2) is 11.5 Å². The van der Waals surface area contributed by atoms with Gasteiger partial charge in [0.25, 0.3) is 5.91 Å². The van der Waals surface area contributed by atoms with Crippen LogP contribution in [0.1, 0.15) is 40.6 Å². The van der Waals surface area contributed by atoms with Gasteiger partial charge in [0, 0.05) is 20.3 Å². The zero-order valence-corrected chi connectivity index (χ0v) is 15.0. The van der Waals surface area contributed by atoms with Gasteiger partial charge in [-0.05, 0) is 40.0 Å². The van der Waals surface area contributed by atoms with Crippen molar-refractivity contribution in [2.45, 2.75) is 19.8 Å². The first-order valence-electron chi connectivity index (χ1n) is 7.05. The van der Waals surface area contributed by atoms with Crippen LogP contribution in [-0.4, -0.2) is 18.9 Å². The molecular formula is C16H15BrN2O3S. The summed E-state index contributed by atoms with van der Waals surface area (Å²) in [6, 6.07) is 5.53. The number of thiophene rings is 1. The van der Waals surface area contributed by atoms with Gasteiger partial charge < -0.3 is 9.47 Å². The van der Waals surface area contributed by atoms with E-state index >= 15 is 0 Å². The van der Waals surface area contributed by atoms with Gasteiger partial charge in [-0.25, -0.2) is 5.43 Å². The highest BCUT2D eigenvalue weighted by molar-refractivity contribution is 9.10. The van der Waals surface area contributed by atoms with E-state index in [4.69, 9.17) is 9.47 Å². The molecule has 5 nitrogen and oxygen atoms in total. The molecule has 1 aromatic carbocycles. The third-order valence-electron chi connectivity index (χ3n) is 3.31. The van der Waals surface area contributed by atoms with Crippen LogP contribution in [0.15, 0.2) is 33.2 Å². The molecule has 0 aliphatic carbocycles. The molecule has 120 valence electrons. The van der Waals surface area contributed by atoms with E-state index in [-0.39, 0.29) is 12.7 Å². The molecule has 1 amide bonds. The Hall–Kier alpha value is -1.86. The van der Waals surface area contributed by atoms with Gasteiger partial charge in [-0.15, -0.1) is 11.3 Å². The number of nitrogens with zero attached hydrogens (tertiary/aromatic N) is 1. The van der Waals surface area contributed by atoms with Crippen LogP contribution >= 0.6 is 27.3 Å². The molecular weight excluding hydrogens is 380 g/mol. The smallest absolute Gasteiger partial charge is 0.272 e. The van der Waals surface area contributed by atoms with Crippen molar-refractivity contribution in [3.05, 3.63) is 44.1 Å². The summed E-state index contributed by atoms with van der Waals surface area (Å²) in [5.74, 6) is 1.55. The fourth-order valence-corrected chi connectivity index (χ4v) is 3.36. The minimum Gasteiger partial charge on any atom is -0.454 e. The van der Waals surface area contributed by atoms with Crippen molar-refractivity contribution >= 4 is 39.4 Å². The third kappa shape index (κ3) is 3.56. The molecule has 0 spiro atoms. The molecule has 23 heavy (non-hydrogen) atoms. The fraction of sp³-hybridized carbons (Fsp3) is 0.250. The normalized spacial score (nSPS) is 13.0. The standard InChI is InChI=1S/C16H15BrN2O3S/c1-9(2)15-4-11(7-23-15)16(20)19-18-6-10-3-13-14(5-12(10)17)22-8-21-13/h3-7,9H,8H2,1-2H3,(H,19,20)/b18-6-. The highest BCUT2D eigenvalue weighted by Crippen LogP contribution is 2.36. The number of carbonyl (C=O) groups excluding carboxylic acids is 1. The van der Waals surface area contributed by atoms with E-state index in [0.717, 1.165) is 10.0 Å². The first-order chi connectivity index (χ1) is 11.0. The first-order valence-corrected chi connectivity index (χ1v) is 8.73. The molecule has 0 bridgehead atoms. The molecule has 1 aromatic heterocycles. The molecule has 0 atom stereocenters. The second kappa shape index (κ2) is 6.72. The van der Waals surface area contributed by atoms with Gasteiger partial charge in [-0.3, -0.25) is 4.79 Å². The lowest BCUT2D eigenvalue weighted by atomic mass is 10.1. The summed E-state index contributed by atoms with van der Waals surface area (Å²) in [6.45, 7) is 4.42. The Morgan fingerprint density at radius 1 is 1.35 bits per heavy atom. The number of hydrogen-bond donors (Lipinski definition) is 1. The van der Waals surface area contributed by atoms with E-state index in [1.54, 1.807) is 17.6 Å². The molecule has 1 aliphatic heterocycles. The van der Waals surface area contributed by atoms with E-state index in [9.17, 15) is 4.79 Å². The monoisotopic (exact) mass is 394 g/mol. The maximum Gasteiger partial charge on any atom is 0.272 e. The second-order valence-corrected chi connectivity index (χ2v) is 7.12. The van der Waals surface area contributed by atoms with Crippen LogP contribution in [0.2, 0.25) is 0 Å². The predicted octanol–water partition coefficient (Wildman–Crippen LogP) is 4.13. The Balaban J connectivity index is 1.67. The number of hydrogen-bond acceptors (Lipinski definition) is 5. The molecule has 0 unspecified atom stereocenters. The van der Waals surface area contributed by atoms with Crippen molar-refractivity contribution in [1.82, 2.24) is 5.43 Å². The van der Waals surface area contributed by atoms with E-state index in [2.05, 4.69) is 40.3 Å². The van der Waals surface area contributed by atoms with E-state index in [1.165, 1.54) is 4.88 Å².